The van der Waals surface area contributed by atoms with Gasteiger partial charge < -0.3 is 9.84 Å². The largest absolute Gasteiger partial charge is 0.392 e. The number of hydrogen-bond acceptors (Lipinski definition) is 2. The summed E-state index contributed by atoms with van der Waals surface area (Å²) in [6, 6.07) is 0. The molecule has 1 N–H and O–H groups in total. The minimum absolute atomic E-state index is 0.107. The number of rotatable bonds is 9. The van der Waals surface area contributed by atoms with Crippen LogP contribution >= 0.6 is 0 Å². The SMILES string of the molecule is CCCCCCC[C@@H](/C=C/CO)OC. The zero-order valence-electron chi connectivity index (χ0n) is 9.54. The van der Waals surface area contributed by atoms with Crippen LogP contribution < -0.4 is 0 Å². The highest BCUT2D eigenvalue weighted by Gasteiger charge is 2.01. The second-order valence-electron chi connectivity index (χ2n) is 3.59. The second kappa shape index (κ2) is 10.7. The molecule has 0 rings (SSSR count). The van der Waals surface area contributed by atoms with Crippen molar-refractivity contribution in [2.75, 3.05) is 13.7 Å². The normalized spacial score (nSPS) is 13.6. The first kappa shape index (κ1) is 13.7. The number of ether oxygens (including phenoxy) is 1. The molecule has 0 bridgehead atoms. The molecule has 0 aromatic heterocycles. The van der Waals surface area contributed by atoms with Crippen LogP contribution in [-0.2, 0) is 4.74 Å². The third-order valence-electron chi connectivity index (χ3n) is 2.35. The Labute approximate surface area is 88.0 Å². The lowest BCUT2D eigenvalue weighted by Gasteiger charge is -2.10. The van der Waals surface area contributed by atoms with Gasteiger partial charge in [-0.15, -0.1) is 0 Å². The zero-order valence-corrected chi connectivity index (χ0v) is 9.54. The molecule has 2 heteroatoms. The summed E-state index contributed by atoms with van der Waals surface area (Å²) >= 11 is 0. The van der Waals surface area contributed by atoms with Crippen molar-refractivity contribution in [2.45, 2.75) is 51.6 Å². The molecule has 0 aliphatic heterocycles. The molecule has 0 fully saturated rings. The van der Waals surface area contributed by atoms with Crippen molar-refractivity contribution in [3.05, 3.63) is 12.2 Å². The maximum absolute atomic E-state index is 8.61. The monoisotopic (exact) mass is 200 g/mol. The molecule has 1 atom stereocenters. The third kappa shape index (κ3) is 8.27. The first-order valence-electron chi connectivity index (χ1n) is 5.65. The molecule has 0 spiro atoms. The van der Waals surface area contributed by atoms with Gasteiger partial charge in [0.05, 0.1) is 12.7 Å². The average Bonchev–Trinajstić information content (AvgIpc) is 2.22. The van der Waals surface area contributed by atoms with E-state index in [1.54, 1.807) is 13.2 Å². The van der Waals surface area contributed by atoms with Crippen LogP contribution in [0.4, 0.5) is 0 Å². The summed E-state index contributed by atoms with van der Waals surface area (Å²) in [7, 11) is 1.72. The van der Waals surface area contributed by atoms with Crippen LogP contribution in [0, 0.1) is 0 Å². The van der Waals surface area contributed by atoms with Crippen molar-refractivity contribution in [3.63, 3.8) is 0 Å². The Morgan fingerprint density at radius 2 is 1.93 bits per heavy atom. The van der Waals surface area contributed by atoms with Crippen molar-refractivity contribution < 1.29 is 9.84 Å². The highest BCUT2D eigenvalue weighted by atomic mass is 16.5. The van der Waals surface area contributed by atoms with E-state index in [1.165, 1.54) is 32.1 Å². The highest BCUT2D eigenvalue weighted by molar-refractivity contribution is 4.88. The summed E-state index contributed by atoms with van der Waals surface area (Å²) in [6.07, 6.45) is 11.4. The van der Waals surface area contributed by atoms with E-state index in [0.29, 0.717) is 0 Å². The Morgan fingerprint density at radius 3 is 2.50 bits per heavy atom. The Bertz CT molecular complexity index is 132. The highest BCUT2D eigenvalue weighted by Crippen LogP contribution is 2.09. The maximum Gasteiger partial charge on any atom is 0.0752 e. The van der Waals surface area contributed by atoms with Crippen LogP contribution in [0.5, 0.6) is 0 Å². The first-order chi connectivity index (χ1) is 6.85. The van der Waals surface area contributed by atoms with Crippen molar-refractivity contribution in [1.82, 2.24) is 0 Å². The molecular weight excluding hydrogens is 176 g/mol. The van der Waals surface area contributed by atoms with Gasteiger partial charge in [0, 0.05) is 7.11 Å². The predicted molar refractivity (Wildman–Crippen MR) is 60.4 cm³/mol. The molecule has 0 saturated carbocycles. The van der Waals surface area contributed by atoms with Crippen LogP contribution in [0.3, 0.4) is 0 Å². The Hall–Kier alpha value is -0.340. The number of hydrogen-bond donors (Lipinski definition) is 1. The van der Waals surface area contributed by atoms with Gasteiger partial charge >= 0.3 is 0 Å². The van der Waals surface area contributed by atoms with Gasteiger partial charge in [-0.25, -0.2) is 0 Å². The molecule has 2 nitrogen and oxygen atoms in total. The quantitative estimate of drug-likeness (QED) is 0.458. The number of unbranched alkanes of at least 4 members (excludes halogenated alkanes) is 4. The minimum atomic E-state index is 0.107. The molecular formula is C12H24O2. The lowest BCUT2D eigenvalue weighted by atomic mass is 10.1. The Kier molecular flexibility index (Phi) is 10.5. The van der Waals surface area contributed by atoms with E-state index in [9.17, 15) is 0 Å². The van der Waals surface area contributed by atoms with Crippen LogP contribution in [-0.4, -0.2) is 24.9 Å². The summed E-state index contributed by atoms with van der Waals surface area (Å²) in [6.45, 7) is 2.33. The fraction of sp³-hybridized carbons (Fsp3) is 0.833. The molecule has 0 aromatic rings. The summed E-state index contributed by atoms with van der Waals surface area (Å²) < 4.78 is 5.26. The molecule has 14 heavy (non-hydrogen) atoms. The predicted octanol–water partition coefficient (Wildman–Crippen LogP) is 2.91. The lowest BCUT2D eigenvalue weighted by molar-refractivity contribution is 0.130. The van der Waals surface area contributed by atoms with Gasteiger partial charge in [-0.05, 0) is 6.42 Å². The summed E-state index contributed by atoms with van der Waals surface area (Å²) in [4.78, 5) is 0. The van der Waals surface area contributed by atoms with Crippen molar-refractivity contribution in [3.8, 4) is 0 Å². The van der Waals surface area contributed by atoms with E-state index < -0.39 is 0 Å². The van der Waals surface area contributed by atoms with Crippen molar-refractivity contribution >= 4 is 0 Å². The van der Waals surface area contributed by atoms with Crippen molar-refractivity contribution in [1.29, 1.82) is 0 Å². The lowest BCUT2D eigenvalue weighted by Crippen LogP contribution is -2.06. The van der Waals surface area contributed by atoms with Gasteiger partial charge in [0.15, 0.2) is 0 Å². The van der Waals surface area contributed by atoms with Crippen molar-refractivity contribution in [2.24, 2.45) is 0 Å². The molecule has 0 amide bonds. The molecule has 0 aromatic carbocycles. The third-order valence-corrected chi connectivity index (χ3v) is 2.35. The number of methoxy groups -OCH3 is 1. The van der Waals surface area contributed by atoms with Gasteiger partial charge in [0.2, 0.25) is 0 Å². The van der Waals surface area contributed by atoms with Gasteiger partial charge in [0.25, 0.3) is 0 Å². The van der Waals surface area contributed by atoms with E-state index in [1.807, 2.05) is 6.08 Å². The van der Waals surface area contributed by atoms with Gasteiger partial charge in [0.1, 0.15) is 0 Å². The van der Waals surface area contributed by atoms with Crippen LogP contribution in [0.25, 0.3) is 0 Å². The minimum Gasteiger partial charge on any atom is -0.392 e. The molecule has 0 aliphatic carbocycles. The van der Waals surface area contributed by atoms with E-state index in [0.717, 1.165) is 6.42 Å². The van der Waals surface area contributed by atoms with E-state index in [2.05, 4.69) is 6.92 Å². The average molecular weight is 200 g/mol. The number of aliphatic hydroxyl groups is 1. The fourth-order valence-electron chi connectivity index (χ4n) is 1.45. The molecule has 0 saturated heterocycles. The van der Waals surface area contributed by atoms with Crippen LogP contribution in [0.2, 0.25) is 0 Å². The van der Waals surface area contributed by atoms with Gasteiger partial charge in [-0.1, -0.05) is 51.2 Å². The molecule has 0 heterocycles. The fourth-order valence-corrected chi connectivity index (χ4v) is 1.45. The first-order valence-corrected chi connectivity index (χ1v) is 5.65. The Morgan fingerprint density at radius 1 is 1.21 bits per heavy atom. The maximum atomic E-state index is 8.61. The topological polar surface area (TPSA) is 29.5 Å². The van der Waals surface area contributed by atoms with E-state index in [4.69, 9.17) is 9.84 Å². The summed E-state index contributed by atoms with van der Waals surface area (Å²) in [5.41, 5.74) is 0. The van der Waals surface area contributed by atoms with Gasteiger partial charge in [-0.2, -0.15) is 0 Å². The standard InChI is InChI=1S/C12H24O2/c1-3-4-5-6-7-9-12(14-2)10-8-11-13/h8,10,12-13H,3-7,9,11H2,1-2H3/b10-8+/t12-/m0/s1. The zero-order chi connectivity index (χ0) is 10.6. The summed E-state index contributed by atoms with van der Waals surface area (Å²) in [5, 5.41) is 8.61. The molecule has 0 unspecified atom stereocenters. The smallest absolute Gasteiger partial charge is 0.0752 e. The van der Waals surface area contributed by atoms with E-state index >= 15 is 0 Å². The molecule has 0 aliphatic rings. The van der Waals surface area contributed by atoms with Crippen LogP contribution in [0.1, 0.15) is 45.4 Å². The number of aliphatic hydroxyl groups excluding tert-OH is 1. The molecule has 0 radical (unpaired) electrons. The van der Waals surface area contributed by atoms with Crippen LogP contribution in [0.15, 0.2) is 12.2 Å². The summed E-state index contributed by atoms with van der Waals surface area (Å²) in [5.74, 6) is 0. The second-order valence-corrected chi connectivity index (χ2v) is 3.59. The molecule has 84 valence electrons. The van der Waals surface area contributed by atoms with Gasteiger partial charge in [-0.3, -0.25) is 0 Å². The van der Waals surface area contributed by atoms with E-state index in [-0.39, 0.29) is 12.7 Å². The Balaban J connectivity index is 3.38.